The van der Waals surface area contributed by atoms with E-state index in [2.05, 4.69) is 25.9 Å². The number of carbonyl (C=O) groups excluding carboxylic acids is 1. The standard InChI is InChI=1S/C8H9BrN3O/c1-12-3-2-10-4-7(12)6(5-13)11-8(12)9/h2,5H,3-4H2,1H3/q+1. The minimum atomic E-state index is 0.520. The highest BCUT2D eigenvalue weighted by atomic mass is 79.9. The molecule has 2 aliphatic rings. The van der Waals surface area contributed by atoms with Crippen molar-refractivity contribution in [3.05, 3.63) is 11.4 Å². The zero-order chi connectivity index (χ0) is 9.47. The lowest BCUT2D eigenvalue weighted by atomic mass is 10.2. The lowest BCUT2D eigenvalue weighted by Crippen LogP contribution is -2.47. The molecular formula is C8H9BrN3O+. The normalized spacial score (nSPS) is 31.7. The Kier molecular flexibility index (Phi) is 1.92. The average molecular weight is 243 g/mol. The first-order valence-corrected chi connectivity index (χ1v) is 4.75. The summed E-state index contributed by atoms with van der Waals surface area (Å²) >= 11 is 3.38. The molecule has 5 heteroatoms. The zero-order valence-corrected chi connectivity index (χ0v) is 8.78. The van der Waals surface area contributed by atoms with E-state index in [4.69, 9.17) is 0 Å². The van der Waals surface area contributed by atoms with Crippen LogP contribution in [0.5, 0.6) is 0 Å². The molecule has 0 N–H and O–H groups in total. The van der Waals surface area contributed by atoms with Crippen LogP contribution in [0.25, 0.3) is 0 Å². The fourth-order valence-corrected chi connectivity index (χ4v) is 2.08. The Labute approximate surface area is 84.4 Å². The number of rotatable bonds is 1. The van der Waals surface area contributed by atoms with Gasteiger partial charge in [0.15, 0.2) is 17.7 Å². The van der Waals surface area contributed by atoms with Crippen LogP contribution in [0.4, 0.5) is 0 Å². The van der Waals surface area contributed by atoms with Crippen molar-refractivity contribution in [1.82, 2.24) is 0 Å². The van der Waals surface area contributed by atoms with E-state index in [0.29, 0.717) is 16.7 Å². The van der Waals surface area contributed by atoms with Crippen LogP contribution in [0.3, 0.4) is 0 Å². The van der Waals surface area contributed by atoms with E-state index in [1.807, 2.05) is 13.3 Å². The first kappa shape index (κ1) is 8.77. The van der Waals surface area contributed by atoms with Crippen LogP contribution < -0.4 is 0 Å². The Morgan fingerprint density at radius 2 is 2.46 bits per heavy atom. The average Bonchev–Trinajstić information content (AvgIpc) is 2.39. The molecule has 1 unspecified atom stereocenters. The molecular weight excluding hydrogens is 234 g/mol. The van der Waals surface area contributed by atoms with Gasteiger partial charge in [0.2, 0.25) is 0 Å². The molecule has 0 aromatic rings. The van der Waals surface area contributed by atoms with E-state index in [-0.39, 0.29) is 0 Å². The molecule has 0 saturated heterocycles. The molecule has 0 saturated carbocycles. The van der Waals surface area contributed by atoms with Crippen LogP contribution >= 0.6 is 15.9 Å². The number of halogens is 1. The van der Waals surface area contributed by atoms with Gasteiger partial charge in [0.05, 0.1) is 13.3 Å². The monoisotopic (exact) mass is 242 g/mol. The van der Waals surface area contributed by atoms with Gasteiger partial charge in [-0.1, -0.05) is 0 Å². The van der Waals surface area contributed by atoms with Crippen molar-refractivity contribution < 1.29 is 9.28 Å². The molecule has 0 aliphatic carbocycles. The van der Waals surface area contributed by atoms with Crippen molar-refractivity contribution in [2.45, 2.75) is 0 Å². The topological polar surface area (TPSA) is 41.8 Å². The quantitative estimate of drug-likeness (QED) is 0.379. The molecule has 0 fully saturated rings. The van der Waals surface area contributed by atoms with Gasteiger partial charge in [-0.25, -0.2) is 4.48 Å². The highest BCUT2D eigenvalue weighted by Gasteiger charge is 2.41. The second kappa shape index (κ2) is 2.85. The second-order valence-corrected chi connectivity index (χ2v) is 3.94. The first-order valence-electron chi connectivity index (χ1n) is 3.96. The van der Waals surface area contributed by atoms with Crippen molar-refractivity contribution in [1.29, 1.82) is 0 Å². The lowest BCUT2D eigenvalue weighted by Gasteiger charge is -2.30. The van der Waals surface area contributed by atoms with Crippen molar-refractivity contribution in [2.24, 2.45) is 9.98 Å². The highest BCUT2D eigenvalue weighted by molar-refractivity contribution is 9.18. The van der Waals surface area contributed by atoms with Crippen molar-refractivity contribution >= 4 is 33.2 Å². The zero-order valence-electron chi connectivity index (χ0n) is 7.20. The molecule has 2 rings (SSSR count). The van der Waals surface area contributed by atoms with Crippen LogP contribution in [-0.2, 0) is 4.79 Å². The second-order valence-electron chi connectivity index (χ2n) is 3.23. The van der Waals surface area contributed by atoms with Crippen LogP contribution in [0.1, 0.15) is 0 Å². The fourth-order valence-electron chi connectivity index (χ4n) is 1.53. The van der Waals surface area contributed by atoms with Gasteiger partial charge in [-0.3, -0.25) is 9.79 Å². The Morgan fingerprint density at radius 1 is 1.69 bits per heavy atom. The fraction of sp³-hybridized carbons (Fsp3) is 0.375. The van der Waals surface area contributed by atoms with Gasteiger partial charge in [0.1, 0.15) is 13.1 Å². The van der Waals surface area contributed by atoms with E-state index in [1.54, 1.807) is 0 Å². The largest absolute Gasteiger partial charge is 0.296 e. The number of hydrogen-bond acceptors (Lipinski definition) is 3. The molecule has 13 heavy (non-hydrogen) atoms. The summed E-state index contributed by atoms with van der Waals surface area (Å²) in [5.74, 6) is 0. The molecule has 0 aromatic carbocycles. The summed E-state index contributed by atoms with van der Waals surface area (Å²) < 4.78 is 1.35. The van der Waals surface area contributed by atoms with E-state index in [1.165, 1.54) is 0 Å². The number of amidine groups is 1. The molecule has 0 spiro atoms. The number of fused-ring (bicyclic) bond motifs is 1. The van der Waals surface area contributed by atoms with E-state index >= 15 is 0 Å². The van der Waals surface area contributed by atoms with Gasteiger partial charge in [-0.15, -0.1) is 0 Å². The Hall–Kier alpha value is -0.810. The van der Waals surface area contributed by atoms with Gasteiger partial charge in [-0.05, 0) is 0 Å². The summed E-state index contributed by atoms with van der Waals surface area (Å²) in [6.45, 7) is 1.33. The number of aliphatic imine (C=N–C) groups is 2. The van der Waals surface area contributed by atoms with Crippen LogP contribution in [-0.4, -0.2) is 41.9 Å². The number of hydrogen-bond donors (Lipinski definition) is 0. The number of allylic oxidation sites excluding steroid dienone is 1. The number of quaternary nitrogens is 1. The van der Waals surface area contributed by atoms with Gasteiger partial charge in [-0.2, -0.15) is 4.99 Å². The van der Waals surface area contributed by atoms with Crippen LogP contribution in [0.15, 0.2) is 21.4 Å². The Bertz CT molecular complexity index is 358. The third-order valence-corrected chi connectivity index (χ3v) is 3.40. The van der Waals surface area contributed by atoms with Crippen molar-refractivity contribution in [3.63, 3.8) is 0 Å². The lowest BCUT2D eigenvalue weighted by molar-refractivity contribution is -0.764. The van der Waals surface area contributed by atoms with Gasteiger partial charge in [0.25, 0.3) is 4.74 Å². The maximum absolute atomic E-state index is 10.7. The minimum Gasteiger partial charge on any atom is -0.296 e. The predicted octanol–water partition coefficient (Wildman–Crippen LogP) is 0.692. The third-order valence-electron chi connectivity index (χ3n) is 2.44. The maximum Gasteiger partial charge on any atom is 0.277 e. The molecule has 2 heterocycles. The van der Waals surface area contributed by atoms with E-state index in [9.17, 15) is 4.79 Å². The molecule has 0 aromatic heterocycles. The molecule has 0 amide bonds. The van der Waals surface area contributed by atoms with Crippen LogP contribution in [0, 0.1) is 0 Å². The Morgan fingerprint density at radius 3 is 3.15 bits per heavy atom. The van der Waals surface area contributed by atoms with E-state index in [0.717, 1.165) is 23.3 Å². The molecule has 0 bridgehead atoms. The maximum atomic E-state index is 10.7. The summed E-state index contributed by atoms with van der Waals surface area (Å²) in [5.41, 5.74) is 1.50. The summed E-state index contributed by atoms with van der Waals surface area (Å²) in [4.78, 5) is 19.0. The molecule has 0 radical (unpaired) electrons. The predicted molar refractivity (Wildman–Crippen MR) is 53.9 cm³/mol. The molecule has 1 atom stereocenters. The van der Waals surface area contributed by atoms with Crippen molar-refractivity contribution in [2.75, 3.05) is 20.1 Å². The number of nitrogens with zero attached hydrogens (tertiary/aromatic N) is 3. The summed E-state index contributed by atoms with van der Waals surface area (Å²) in [6.07, 6.45) is 2.66. The number of likely N-dealkylation sites (N-methyl/N-ethyl adjacent to an activating group) is 1. The number of aldehydes is 1. The van der Waals surface area contributed by atoms with E-state index < -0.39 is 0 Å². The summed E-state index contributed by atoms with van der Waals surface area (Å²) in [6, 6.07) is 0. The van der Waals surface area contributed by atoms with Gasteiger partial charge >= 0.3 is 0 Å². The van der Waals surface area contributed by atoms with Gasteiger partial charge < -0.3 is 0 Å². The summed E-state index contributed by atoms with van der Waals surface area (Å²) in [7, 11) is 2.02. The SMILES string of the molecule is C[N+]12CC=NCC1=C(C=O)N=C2Br. The molecule has 68 valence electrons. The first-order chi connectivity index (χ1) is 6.18. The van der Waals surface area contributed by atoms with Crippen molar-refractivity contribution in [3.8, 4) is 0 Å². The molecule has 4 nitrogen and oxygen atoms in total. The Balaban J connectivity index is 2.54. The molecule has 2 aliphatic heterocycles. The van der Waals surface area contributed by atoms with Crippen LogP contribution in [0.2, 0.25) is 0 Å². The summed E-state index contributed by atoms with van der Waals surface area (Å²) in [5, 5.41) is 0. The highest BCUT2D eigenvalue weighted by Crippen LogP contribution is 2.30. The minimum absolute atomic E-state index is 0.520. The number of carbonyl (C=O) groups is 1. The van der Waals surface area contributed by atoms with Gasteiger partial charge in [0, 0.05) is 15.9 Å². The third kappa shape index (κ3) is 1.11. The smallest absolute Gasteiger partial charge is 0.277 e.